The normalized spacial score (nSPS) is 12.5. The van der Waals surface area contributed by atoms with Crippen molar-refractivity contribution >= 4 is 5.78 Å². The first-order valence-electron chi connectivity index (χ1n) is 6.02. The van der Waals surface area contributed by atoms with Gasteiger partial charge in [0, 0.05) is 12.3 Å². The van der Waals surface area contributed by atoms with Gasteiger partial charge in [-0.25, -0.2) is 4.39 Å². The Morgan fingerprint density at radius 3 is 2.76 bits per heavy atom. The average molecular weight is 237 g/mol. The molecule has 0 aliphatic rings. The van der Waals surface area contributed by atoms with Crippen LogP contribution < -0.4 is 5.73 Å². The molecule has 0 aliphatic heterocycles. The molecule has 2 N–H and O–H groups in total. The van der Waals surface area contributed by atoms with E-state index in [1.165, 1.54) is 12.1 Å². The van der Waals surface area contributed by atoms with Gasteiger partial charge in [0.1, 0.15) is 11.6 Å². The highest BCUT2D eigenvalue weighted by Gasteiger charge is 2.14. The lowest BCUT2D eigenvalue weighted by atomic mass is 9.93. The number of ketones is 1. The summed E-state index contributed by atoms with van der Waals surface area (Å²) in [6.07, 6.45) is 2.09. The minimum Gasteiger partial charge on any atom is -0.330 e. The van der Waals surface area contributed by atoms with Gasteiger partial charge in [-0.1, -0.05) is 13.0 Å². The second-order valence-electron chi connectivity index (χ2n) is 4.55. The second-order valence-corrected chi connectivity index (χ2v) is 4.55. The highest BCUT2D eigenvalue weighted by molar-refractivity contribution is 5.83. The number of nitrogens with two attached hydrogens (primary N) is 1. The summed E-state index contributed by atoms with van der Waals surface area (Å²) < 4.78 is 12.9. The van der Waals surface area contributed by atoms with E-state index in [0.717, 1.165) is 24.0 Å². The first-order chi connectivity index (χ1) is 8.04. The fourth-order valence-electron chi connectivity index (χ4n) is 1.80. The molecule has 0 aliphatic carbocycles. The van der Waals surface area contributed by atoms with Crippen LogP contribution in [0.4, 0.5) is 4.39 Å². The molecule has 1 aromatic carbocycles. The molecule has 2 nitrogen and oxygen atoms in total. The summed E-state index contributed by atoms with van der Waals surface area (Å²) in [5.41, 5.74) is 7.17. The second kappa shape index (κ2) is 6.50. The minimum atomic E-state index is -0.255. The third-order valence-corrected chi connectivity index (χ3v) is 3.06. The molecule has 3 heteroatoms. The largest absolute Gasteiger partial charge is 0.330 e. The van der Waals surface area contributed by atoms with Crippen molar-refractivity contribution in [2.75, 3.05) is 6.54 Å². The number of hydrogen-bond donors (Lipinski definition) is 1. The van der Waals surface area contributed by atoms with Crippen LogP contribution in [-0.4, -0.2) is 12.3 Å². The molecule has 0 aromatic heterocycles. The van der Waals surface area contributed by atoms with Crippen molar-refractivity contribution in [3.05, 3.63) is 35.1 Å². The molecule has 94 valence electrons. The van der Waals surface area contributed by atoms with Gasteiger partial charge in [-0.05, 0) is 49.6 Å². The van der Waals surface area contributed by atoms with Gasteiger partial charge in [-0.3, -0.25) is 4.79 Å². The zero-order valence-electron chi connectivity index (χ0n) is 10.5. The molecular formula is C14H20FNO. The number of aryl methyl sites for hydroxylation is 1. The van der Waals surface area contributed by atoms with Crippen molar-refractivity contribution in [3.63, 3.8) is 0 Å². The van der Waals surface area contributed by atoms with Crippen molar-refractivity contribution < 1.29 is 9.18 Å². The molecule has 1 rings (SSSR count). The Kier molecular flexibility index (Phi) is 5.29. The Hall–Kier alpha value is -1.22. The maximum atomic E-state index is 12.9. The zero-order chi connectivity index (χ0) is 12.8. The van der Waals surface area contributed by atoms with Crippen LogP contribution in [0.15, 0.2) is 18.2 Å². The maximum absolute atomic E-state index is 12.9. The lowest BCUT2D eigenvalue weighted by Gasteiger charge is -2.11. The molecule has 0 saturated heterocycles. The Morgan fingerprint density at radius 1 is 1.47 bits per heavy atom. The predicted octanol–water partition coefficient (Wildman–Crippen LogP) is 2.62. The van der Waals surface area contributed by atoms with Gasteiger partial charge in [-0.15, -0.1) is 0 Å². The van der Waals surface area contributed by atoms with Crippen LogP contribution in [0.2, 0.25) is 0 Å². The predicted molar refractivity (Wildman–Crippen MR) is 67.3 cm³/mol. The Morgan fingerprint density at radius 2 is 2.18 bits per heavy atom. The van der Waals surface area contributed by atoms with Crippen LogP contribution in [0, 0.1) is 18.7 Å². The van der Waals surface area contributed by atoms with E-state index in [0.29, 0.717) is 13.0 Å². The molecule has 1 unspecified atom stereocenters. The number of carbonyl (C=O) groups is 1. The molecule has 1 atom stereocenters. The van der Waals surface area contributed by atoms with Crippen LogP contribution in [-0.2, 0) is 11.2 Å². The lowest BCUT2D eigenvalue weighted by Crippen LogP contribution is -2.15. The molecule has 0 bridgehead atoms. The summed E-state index contributed by atoms with van der Waals surface area (Å²) in [5, 5.41) is 0. The van der Waals surface area contributed by atoms with Gasteiger partial charge >= 0.3 is 0 Å². The van der Waals surface area contributed by atoms with Crippen molar-refractivity contribution in [1.82, 2.24) is 0 Å². The van der Waals surface area contributed by atoms with Gasteiger partial charge in [0.05, 0.1) is 0 Å². The van der Waals surface area contributed by atoms with Gasteiger partial charge < -0.3 is 5.73 Å². The minimum absolute atomic E-state index is 0.0306. The van der Waals surface area contributed by atoms with E-state index in [1.807, 2.05) is 13.8 Å². The zero-order valence-corrected chi connectivity index (χ0v) is 10.5. The first-order valence-corrected chi connectivity index (χ1v) is 6.02. The fourth-order valence-corrected chi connectivity index (χ4v) is 1.80. The third-order valence-electron chi connectivity index (χ3n) is 3.06. The first kappa shape index (κ1) is 13.8. The van der Waals surface area contributed by atoms with Crippen LogP contribution in [0.1, 0.15) is 30.9 Å². The maximum Gasteiger partial charge on any atom is 0.140 e. The molecule has 0 saturated carbocycles. The lowest BCUT2D eigenvalue weighted by molar-refractivity contribution is -0.121. The number of hydrogen-bond acceptors (Lipinski definition) is 2. The van der Waals surface area contributed by atoms with E-state index in [9.17, 15) is 9.18 Å². The Balaban J connectivity index is 2.61. The average Bonchev–Trinajstić information content (AvgIpc) is 2.29. The van der Waals surface area contributed by atoms with Gasteiger partial charge in [0.25, 0.3) is 0 Å². The molecule has 0 spiro atoms. The van der Waals surface area contributed by atoms with E-state index in [-0.39, 0.29) is 17.5 Å². The molecule has 0 fully saturated rings. The number of benzene rings is 1. The van der Waals surface area contributed by atoms with Crippen molar-refractivity contribution in [1.29, 1.82) is 0 Å². The standard InChI is InChI=1S/C14H20FNO/c1-10(4-3-7-16)14(17)9-12-5-6-13(15)8-11(12)2/h5-6,8,10H,3-4,7,9,16H2,1-2H3. The highest BCUT2D eigenvalue weighted by Crippen LogP contribution is 2.15. The molecule has 0 radical (unpaired) electrons. The van der Waals surface area contributed by atoms with E-state index >= 15 is 0 Å². The molecule has 0 heterocycles. The van der Waals surface area contributed by atoms with E-state index in [1.54, 1.807) is 6.07 Å². The Labute approximate surface area is 102 Å². The summed E-state index contributed by atoms with van der Waals surface area (Å²) in [6.45, 7) is 4.38. The van der Waals surface area contributed by atoms with Gasteiger partial charge in [0.2, 0.25) is 0 Å². The summed E-state index contributed by atoms with van der Waals surface area (Å²) in [5.74, 6) is -0.0222. The van der Waals surface area contributed by atoms with Crippen LogP contribution in [0.5, 0.6) is 0 Å². The van der Waals surface area contributed by atoms with Crippen molar-refractivity contribution in [3.8, 4) is 0 Å². The number of Topliss-reactive ketones (excluding diaryl/α,β-unsaturated/α-hetero) is 1. The molecular weight excluding hydrogens is 217 g/mol. The van der Waals surface area contributed by atoms with Crippen LogP contribution >= 0.6 is 0 Å². The summed E-state index contributed by atoms with van der Waals surface area (Å²) in [7, 11) is 0. The smallest absolute Gasteiger partial charge is 0.140 e. The Bertz CT molecular complexity index is 390. The van der Waals surface area contributed by atoms with E-state index in [2.05, 4.69) is 0 Å². The van der Waals surface area contributed by atoms with E-state index < -0.39 is 0 Å². The highest BCUT2D eigenvalue weighted by atomic mass is 19.1. The van der Waals surface area contributed by atoms with Gasteiger partial charge in [-0.2, -0.15) is 0 Å². The monoisotopic (exact) mass is 237 g/mol. The SMILES string of the molecule is Cc1cc(F)ccc1CC(=O)C(C)CCCN. The van der Waals surface area contributed by atoms with E-state index in [4.69, 9.17) is 5.73 Å². The fraction of sp³-hybridized carbons (Fsp3) is 0.500. The van der Waals surface area contributed by atoms with Crippen molar-refractivity contribution in [2.45, 2.75) is 33.1 Å². The summed E-state index contributed by atoms with van der Waals surface area (Å²) in [6, 6.07) is 4.56. The van der Waals surface area contributed by atoms with Gasteiger partial charge in [0.15, 0.2) is 0 Å². The number of rotatable bonds is 6. The number of halogens is 1. The summed E-state index contributed by atoms with van der Waals surface area (Å²) in [4.78, 5) is 11.9. The van der Waals surface area contributed by atoms with Crippen LogP contribution in [0.25, 0.3) is 0 Å². The molecule has 17 heavy (non-hydrogen) atoms. The topological polar surface area (TPSA) is 43.1 Å². The number of carbonyl (C=O) groups excluding carboxylic acids is 1. The third kappa shape index (κ3) is 4.27. The quantitative estimate of drug-likeness (QED) is 0.826. The molecule has 1 aromatic rings. The van der Waals surface area contributed by atoms with Crippen molar-refractivity contribution in [2.24, 2.45) is 11.7 Å². The summed E-state index contributed by atoms with van der Waals surface area (Å²) >= 11 is 0. The van der Waals surface area contributed by atoms with Crippen LogP contribution in [0.3, 0.4) is 0 Å². The molecule has 0 amide bonds.